The van der Waals surface area contributed by atoms with Gasteiger partial charge in [0.15, 0.2) is 0 Å². The number of pyridine rings is 2. The molecule has 0 aliphatic rings. The zero-order chi connectivity index (χ0) is 34.3. The average molecular weight is 667 g/mol. The van der Waals surface area contributed by atoms with E-state index in [9.17, 15) is 14.4 Å². The van der Waals surface area contributed by atoms with Crippen molar-refractivity contribution in [2.24, 2.45) is 5.73 Å². The third-order valence-electron chi connectivity index (χ3n) is 7.60. The monoisotopic (exact) mass is 666 g/mol. The van der Waals surface area contributed by atoms with Crippen molar-refractivity contribution in [2.45, 2.75) is 45.8 Å². The molecule has 4 N–H and O–H groups in total. The van der Waals surface area contributed by atoms with E-state index in [4.69, 9.17) is 27.1 Å². The molecular formula is C37H39ClN6O4. The number of benzene rings is 3. The minimum absolute atomic E-state index is 0.106. The Hall–Kier alpha value is -5.22. The third kappa shape index (κ3) is 8.77. The van der Waals surface area contributed by atoms with Gasteiger partial charge >= 0.3 is 6.09 Å². The van der Waals surface area contributed by atoms with Gasteiger partial charge in [0, 0.05) is 77.3 Å². The minimum Gasteiger partial charge on any atom is -0.444 e. The SMILES string of the molecule is CC(C)(C)OC(=O)N(CCC(=O)NCCCNc1nc2cc(C(N)=O)ccc2c2cnccc12)Cc1ccc(-c2ccccc2)c(Cl)c1. The highest BCUT2D eigenvalue weighted by atomic mass is 35.5. The zero-order valence-electron chi connectivity index (χ0n) is 27.3. The van der Waals surface area contributed by atoms with E-state index >= 15 is 0 Å². The van der Waals surface area contributed by atoms with E-state index < -0.39 is 17.6 Å². The Morgan fingerprint density at radius 3 is 2.46 bits per heavy atom. The van der Waals surface area contributed by atoms with E-state index in [0.717, 1.165) is 32.8 Å². The maximum absolute atomic E-state index is 13.1. The molecule has 0 bridgehead atoms. The van der Waals surface area contributed by atoms with Gasteiger partial charge in [-0.05, 0) is 62.6 Å². The molecule has 0 aliphatic heterocycles. The first-order valence-electron chi connectivity index (χ1n) is 15.8. The summed E-state index contributed by atoms with van der Waals surface area (Å²) in [4.78, 5) is 48.2. The van der Waals surface area contributed by atoms with Crippen LogP contribution in [0.5, 0.6) is 0 Å². The van der Waals surface area contributed by atoms with Crippen LogP contribution in [0.1, 0.15) is 49.5 Å². The van der Waals surface area contributed by atoms with Gasteiger partial charge in [0.2, 0.25) is 11.8 Å². The van der Waals surface area contributed by atoms with Gasteiger partial charge in [-0.15, -0.1) is 0 Å². The number of hydrogen-bond acceptors (Lipinski definition) is 7. The number of amides is 3. The van der Waals surface area contributed by atoms with Gasteiger partial charge in [-0.3, -0.25) is 14.6 Å². The second-order valence-corrected chi connectivity index (χ2v) is 12.8. The van der Waals surface area contributed by atoms with Gasteiger partial charge in [-0.25, -0.2) is 9.78 Å². The van der Waals surface area contributed by atoms with E-state index in [1.807, 2.05) is 60.7 Å². The predicted octanol–water partition coefficient (Wildman–Crippen LogP) is 6.95. The van der Waals surface area contributed by atoms with E-state index in [2.05, 4.69) is 15.6 Å². The highest BCUT2D eigenvalue weighted by Gasteiger charge is 2.23. The third-order valence-corrected chi connectivity index (χ3v) is 7.91. The number of nitrogens with zero attached hydrogens (tertiary/aromatic N) is 3. The molecule has 48 heavy (non-hydrogen) atoms. The second-order valence-electron chi connectivity index (χ2n) is 12.4. The summed E-state index contributed by atoms with van der Waals surface area (Å²) in [6, 6.07) is 22.6. The van der Waals surface area contributed by atoms with Crippen LogP contribution in [0.15, 0.2) is 85.2 Å². The van der Waals surface area contributed by atoms with Crippen LogP contribution in [0.3, 0.4) is 0 Å². The normalized spacial score (nSPS) is 11.3. The zero-order valence-corrected chi connectivity index (χ0v) is 28.0. The van der Waals surface area contributed by atoms with Crippen molar-refractivity contribution < 1.29 is 19.1 Å². The second kappa shape index (κ2) is 15.1. The lowest BCUT2D eigenvalue weighted by Gasteiger charge is -2.27. The van der Waals surface area contributed by atoms with Crippen molar-refractivity contribution >= 4 is 57.0 Å². The Bertz CT molecular complexity index is 1940. The molecule has 5 rings (SSSR count). The van der Waals surface area contributed by atoms with Gasteiger partial charge in [0.25, 0.3) is 0 Å². The Morgan fingerprint density at radius 2 is 1.73 bits per heavy atom. The molecule has 0 spiro atoms. The molecule has 248 valence electrons. The summed E-state index contributed by atoms with van der Waals surface area (Å²) in [5.74, 6) is -0.0514. The van der Waals surface area contributed by atoms with Crippen LogP contribution in [0.25, 0.3) is 32.8 Å². The minimum atomic E-state index is -0.689. The van der Waals surface area contributed by atoms with Crippen LogP contribution in [-0.4, -0.2) is 58.0 Å². The average Bonchev–Trinajstić information content (AvgIpc) is 3.05. The number of anilines is 1. The van der Waals surface area contributed by atoms with Crippen LogP contribution >= 0.6 is 11.6 Å². The Balaban J connectivity index is 1.16. The van der Waals surface area contributed by atoms with Gasteiger partial charge in [0.1, 0.15) is 11.4 Å². The van der Waals surface area contributed by atoms with E-state index in [1.165, 1.54) is 4.90 Å². The summed E-state index contributed by atoms with van der Waals surface area (Å²) in [6.07, 6.45) is 3.70. The Labute approximate surface area is 284 Å². The first-order chi connectivity index (χ1) is 23.0. The number of nitrogens with two attached hydrogens (primary N) is 1. The molecule has 0 saturated heterocycles. The van der Waals surface area contributed by atoms with Crippen molar-refractivity contribution in [3.05, 3.63) is 101 Å². The summed E-state index contributed by atoms with van der Waals surface area (Å²) in [6.45, 7) is 6.79. The topological polar surface area (TPSA) is 140 Å². The number of nitrogens with one attached hydrogen (secondary N) is 2. The first kappa shape index (κ1) is 34.1. The van der Waals surface area contributed by atoms with Crippen molar-refractivity contribution in [3.8, 4) is 11.1 Å². The maximum atomic E-state index is 13.1. The van der Waals surface area contributed by atoms with E-state index in [-0.39, 0.29) is 25.4 Å². The molecule has 11 heteroatoms. The molecule has 0 atom stereocenters. The number of ether oxygens (including phenoxy) is 1. The van der Waals surface area contributed by atoms with Gasteiger partial charge in [-0.1, -0.05) is 60.1 Å². The summed E-state index contributed by atoms with van der Waals surface area (Å²) in [7, 11) is 0. The number of halogens is 1. The smallest absolute Gasteiger partial charge is 0.410 e. The van der Waals surface area contributed by atoms with Crippen LogP contribution in [-0.2, 0) is 16.1 Å². The number of rotatable bonds is 12. The molecule has 0 aliphatic carbocycles. The summed E-state index contributed by atoms with van der Waals surface area (Å²) in [5.41, 5.74) is 8.52. The highest BCUT2D eigenvalue weighted by molar-refractivity contribution is 6.33. The van der Waals surface area contributed by atoms with Crippen LogP contribution in [0.2, 0.25) is 5.02 Å². The highest BCUT2D eigenvalue weighted by Crippen LogP contribution is 2.30. The van der Waals surface area contributed by atoms with Gasteiger partial charge in [0.05, 0.1) is 5.52 Å². The number of fused-ring (bicyclic) bond motifs is 3. The maximum Gasteiger partial charge on any atom is 0.410 e. The molecule has 5 aromatic rings. The number of primary amides is 1. The predicted molar refractivity (Wildman–Crippen MR) is 190 cm³/mol. The van der Waals surface area contributed by atoms with Crippen molar-refractivity contribution in [1.82, 2.24) is 20.2 Å². The fraction of sp³-hybridized carbons (Fsp3) is 0.270. The van der Waals surface area contributed by atoms with Crippen molar-refractivity contribution in [1.29, 1.82) is 0 Å². The molecule has 10 nitrogen and oxygen atoms in total. The largest absolute Gasteiger partial charge is 0.444 e. The van der Waals surface area contributed by atoms with Crippen molar-refractivity contribution in [3.63, 3.8) is 0 Å². The Kier molecular flexibility index (Phi) is 10.8. The fourth-order valence-corrected chi connectivity index (χ4v) is 5.59. The van der Waals surface area contributed by atoms with Gasteiger partial charge in [-0.2, -0.15) is 0 Å². The van der Waals surface area contributed by atoms with Crippen LogP contribution < -0.4 is 16.4 Å². The molecule has 0 saturated carbocycles. The first-order valence-corrected chi connectivity index (χ1v) is 16.2. The standard InChI is InChI=1S/C37H39ClN6O4/c1-37(2,3)48-36(47)44(23-24-10-12-27(31(38)20-24)25-8-5-4-6-9-25)19-15-33(45)41-16-7-17-42-35-29-14-18-40-22-30(29)28-13-11-26(34(39)46)21-32(28)43-35/h4-6,8-14,18,20-22H,7,15-17,19,23H2,1-3H3,(H2,39,46)(H,41,45)(H,42,43). The molecule has 0 unspecified atom stereocenters. The Morgan fingerprint density at radius 1 is 0.938 bits per heavy atom. The lowest BCUT2D eigenvalue weighted by Crippen LogP contribution is -2.39. The molecule has 2 aromatic heterocycles. The molecular weight excluding hydrogens is 628 g/mol. The lowest BCUT2D eigenvalue weighted by atomic mass is 10.0. The number of carbonyl (C=O) groups is 3. The van der Waals surface area contributed by atoms with E-state index in [0.29, 0.717) is 41.4 Å². The molecule has 0 radical (unpaired) electrons. The molecule has 0 fully saturated rings. The quantitative estimate of drug-likeness (QED) is 0.0967. The number of hydrogen-bond donors (Lipinski definition) is 3. The van der Waals surface area contributed by atoms with Crippen LogP contribution in [0.4, 0.5) is 10.6 Å². The van der Waals surface area contributed by atoms with Crippen LogP contribution in [0, 0.1) is 0 Å². The number of carbonyl (C=O) groups excluding carboxylic acids is 3. The molecule has 3 amide bonds. The van der Waals surface area contributed by atoms with Crippen molar-refractivity contribution in [2.75, 3.05) is 25.0 Å². The summed E-state index contributed by atoms with van der Waals surface area (Å²) in [5, 5.41) is 9.53. The summed E-state index contributed by atoms with van der Waals surface area (Å²) >= 11 is 6.63. The number of aromatic nitrogens is 2. The summed E-state index contributed by atoms with van der Waals surface area (Å²) < 4.78 is 5.64. The molecule has 2 heterocycles. The fourth-order valence-electron chi connectivity index (χ4n) is 5.27. The van der Waals surface area contributed by atoms with E-state index in [1.54, 1.807) is 45.3 Å². The van der Waals surface area contributed by atoms with Gasteiger partial charge < -0.3 is 26.0 Å². The lowest BCUT2D eigenvalue weighted by molar-refractivity contribution is -0.121. The molecule has 3 aromatic carbocycles.